The summed E-state index contributed by atoms with van der Waals surface area (Å²) in [6.07, 6.45) is 8.27. The normalized spacial score (nSPS) is 30.3. The molecule has 0 aromatic rings. The number of esters is 1. The van der Waals surface area contributed by atoms with Crippen LogP contribution in [0, 0.1) is 11.8 Å². The van der Waals surface area contributed by atoms with Crippen LogP contribution in [0.5, 0.6) is 0 Å². The maximum Gasteiger partial charge on any atom is 0.310 e. The van der Waals surface area contributed by atoms with Gasteiger partial charge in [0.15, 0.2) is 0 Å². The molecule has 0 radical (unpaired) electrons. The van der Waals surface area contributed by atoms with Crippen molar-refractivity contribution >= 4 is 11.9 Å². The standard InChI is InChI=1S/C18H27NO5/c20-17(19-8-12-22-13-9-19)15-5-1-2-6-16(15)18(21)24-11-7-14-4-3-10-23-14/h1-2,14-16H,3-13H2/t14-,15-,16-/m0/s1. The molecule has 2 aliphatic heterocycles. The molecule has 134 valence electrons. The van der Waals surface area contributed by atoms with Gasteiger partial charge in [-0.3, -0.25) is 9.59 Å². The van der Waals surface area contributed by atoms with E-state index in [1.54, 1.807) is 0 Å². The van der Waals surface area contributed by atoms with E-state index in [0.717, 1.165) is 25.9 Å². The molecule has 3 aliphatic rings. The van der Waals surface area contributed by atoms with E-state index in [9.17, 15) is 9.59 Å². The number of ether oxygens (including phenoxy) is 3. The third kappa shape index (κ3) is 4.36. The van der Waals surface area contributed by atoms with Crippen molar-refractivity contribution in [1.29, 1.82) is 0 Å². The second-order valence-electron chi connectivity index (χ2n) is 6.68. The van der Waals surface area contributed by atoms with Gasteiger partial charge in [0.05, 0.1) is 37.8 Å². The van der Waals surface area contributed by atoms with Crippen LogP contribution < -0.4 is 0 Å². The Hall–Kier alpha value is -1.40. The monoisotopic (exact) mass is 337 g/mol. The van der Waals surface area contributed by atoms with Crippen LogP contribution in [0.2, 0.25) is 0 Å². The highest BCUT2D eigenvalue weighted by atomic mass is 16.5. The van der Waals surface area contributed by atoms with Crippen LogP contribution in [0.25, 0.3) is 0 Å². The number of rotatable bonds is 5. The third-order valence-electron chi connectivity index (χ3n) is 5.08. The molecule has 1 amide bonds. The minimum atomic E-state index is -0.366. The minimum Gasteiger partial charge on any atom is -0.465 e. The fourth-order valence-electron chi connectivity index (χ4n) is 3.64. The van der Waals surface area contributed by atoms with E-state index in [2.05, 4.69) is 0 Å². The van der Waals surface area contributed by atoms with Crippen LogP contribution in [0.3, 0.4) is 0 Å². The summed E-state index contributed by atoms with van der Waals surface area (Å²) in [6, 6.07) is 0. The number of amides is 1. The van der Waals surface area contributed by atoms with Crippen LogP contribution in [0.4, 0.5) is 0 Å². The summed E-state index contributed by atoms with van der Waals surface area (Å²) in [6.45, 7) is 3.56. The van der Waals surface area contributed by atoms with E-state index < -0.39 is 0 Å². The van der Waals surface area contributed by atoms with Gasteiger partial charge in [0.2, 0.25) is 5.91 Å². The molecular weight excluding hydrogens is 310 g/mol. The van der Waals surface area contributed by atoms with Crippen molar-refractivity contribution in [2.75, 3.05) is 39.5 Å². The average molecular weight is 337 g/mol. The van der Waals surface area contributed by atoms with Crippen molar-refractivity contribution in [3.8, 4) is 0 Å². The molecule has 0 unspecified atom stereocenters. The summed E-state index contributed by atoms with van der Waals surface area (Å²) in [5.41, 5.74) is 0. The number of hydrogen-bond acceptors (Lipinski definition) is 5. The molecule has 2 fully saturated rings. The van der Waals surface area contributed by atoms with E-state index >= 15 is 0 Å². The predicted octanol–water partition coefficient (Wildman–Crippen LogP) is 1.54. The van der Waals surface area contributed by atoms with Crippen LogP contribution in [0.15, 0.2) is 12.2 Å². The first-order valence-corrected chi connectivity index (χ1v) is 9.05. The first-order valence-electron chi connectivity index (χ1n) is 9.05. The average Bonchev–Trinajstić information content (AvgIpc) is 3.15. The lowest BCUT2D eigenvalue weighted by Gasteiger charge is -2.33. The van der Waals surface area contributed by atoms with Gasteiger partial charge in [-0.05, 0) is 25.7 Å². The van der Waals surface area contributed by atoms with Gasteiger partial charge in [0.1, 0.15) is 0 Å². The molecule has 0 N–H and O–H groups in total. The summed E-state index contributed by atoms with van der Waals surface area (Å²) in [7, 11) is 0. The molecule has 24 heavy (non-hydrogen) atoms. The number of nitrogens with zero attached hydrogens (tertiary/aromatic N) is 1. The second-order valence-corrected chi connectivity index (χ2v) is 6.68. The van der Waals surface area contributed by atoms with Crippen molar-refractivity contribution < 1.29 is 23.8 Å². The summed E-state index contributed by atoms with van der Waals surface area (Å²) in [4.78, 5) is 27.1. The predicted molar refractivity (Wildman–Crippen MR) is 87.3 cm³/mol. The Bertz CT molecular complexity index is 466. The SMILES string of the molecule is O=C(OCC[C@@H]1CCCO1)[C@H]1CC=CC[C@@H]1C(=O)N1CCOCC1. The number of carbonyl (C=O) groups excluding carboxylic acids is 2. The molecule has 0 bridgehead atoms. The molecule has 6 heteroatoms. The van der Waals surface area contributed by atoms with Gasteiger partial charge in [-0.2, -0.15) is 0 Å². The van der Waals surface area contributed by atoms with E-state index in [1.807, 2.05) is 17.1 Å². The smallest absolute Gasteiger partial charge is 0.310 e. The Morgan fingerprint density at radius 2 is 1.83 bits per heavy atom. The highest BCUT2D eigenvalue weighted by Crippen LogP contribution is 2.29. The van der Waals surface area contributed by atoms with E-state index in [-0.39, 0.29) is 29.8 Å². The van der Waals surface area contributed by atoms with E-state index in [1.165, 1.54) is 0 Å². The lowest BCUT2D eigenvalue weighted by molar-refractivity contribution is -0.157. The third-order valence-corrected chi connectivity index (χ3v) is 5.08. The molecule has 1 aliphatic carbocycles. The quantitative estimate of drug-likeness (QED) is 0.562. The zero-order chi connectivity index (χ0) is 16.8. The van der Waals surface area contributed by atoms with Gasteiger partial charge in [0.25, 0.3) is 0 Å². The van der Waals surface area contributed by atoms with Crippen LogP contribution in [0.1, 0.15) is 32.1 Å². The molecule has 0 aromatic carbocycles. The van der Waals surface area contributed by atoms with Gasteiger partial charge in [-0.25, -0.2) is 0 Å². The van der Waals surface area contributed by atoms with Crippen molar-refractivity contribution in [3.05, 3.63) is 12.2 Å². The lowest BCUT2D eigenvalue weighted by Crippen LogP contribution is -2.47. The summed E-state index contributed by atoms with van der Waals surface area (Å²) >= 11 is 0. The molecule has 6 nitrogen and oxygen atoms in total. The second kappa shape index (κ2) is 8.62. The fourth-order valence-corrected chi connectivity index (χ4v) is 3.64. The van der Waals surface area contributed by atoms with Crippen molar-refractivity contribution in [2.45, 2.75) is 38.2 Å². The highest BCUT2D eigenvalue weighted by molar-refractivity contribution is 5.86. The van der Waals surface area contributed by atoms with Gasteiger partial charge in [-0.1, -0.05) is 12.2 Å². The van der Waals surface area contributed by atoms with Crippen LogP contribution in [-0.4, -0.2) is 62.4 Å². The molecule has 2 heterocycles. The Balaban J connectivity index is 1.51. The van der Waals surface area contributed by atoms with Crippen molar-refractivity contribution in [1.82, 2.24) is 4.90 Å². The Labute approximate surface area is 143 Å². The zero-order valence-corrected chi connectivity index (χ0v) is 14.2. The molecule has 2 saturated heterocycles. The molecule has 0 spiro atoms. The van der Waals surface area contributed by atoms with E-state index in [0.29, 0.717) is 45.8 Å². The van der Waals surface area contributed by atoms with Crippen LogP contribution >= 0.6 is 0 Å². The Kier molecular flexibility index (Phi) is 6.26. The van der Waals surface area contributed by atoms with Gasteiger partial charge < -0.3 is 19.1 Å². The number of hydrogen-bond donors (Lipinski definition) is 0. The highest BCUT2D eigenvalue weighted by Gasteiger charge is 2.37. The van der Waals surface area contributed by atoms with Gasteiger partial charge in [0, 0.05) is 26.1 Å². The van der Waals surface area contributed by atoms with Crippen molar-refractivity contribution in [2.24, 2.45) is 11.8 Å². The summed E-state index contributed by atoms with van der Waals surface area (Å²) < 4.78 is 16.3. The first kappa shape index (κ1) is 17.4. The first-order chi connectivity index (χ1) is 11.8. The molecule has 3 rings (SSSR count). The van der Waals surface area contributed by atoms with Gasteiger partial charge >= 0.3 is 5.97 Å². The molecule has 0 aromatic heterocycles. The molecule has 3 atom stereocenters. The summed E-state index contributed by atoms with van der Waals surface area (Å²) in [5, 5.41) is 0. The number of carbonyl (C=O) groups is 2. The van der Waals surface area contributed by atoms with Crippen LogP contribution in [-0.2, 0) is 23.8 Å². The van der Waals surface area contributed by atoms with Crippen molar-refractivity contribution in [3.63, 3.8) is 0 Å². The largest absolute Gasteiger partial charge is 0.465 e. The molecule has 0 saturated carbocycles. The number of allylic oxidation sites excluding steroid dienone is 2. The Morgan fingerprint density at radius 1 is 1.08 bits per heavy atom. The lowest BCUT2D eigenvalue weighted by atomic mass is 9.82. The topological polar surface area (TPSA) is 65.1 Å². The number of morpholine rings is 1. The minimum absolute atomic E-state index is 0.0590. The summed E-state index contributed by atoms with van der Waals surface area (Å²) in [5.74, 6) is -0.856. The maximum absolute atomic E-state index is 12.8. The maximum atomic E-state index is 12.8. The Morgan fingerprint density at radius 3 is 2.54 bits per heavy atom. The van der Waals surface area contributed by atoms with Gasteiger partial charge in [-0.15, -0.1) is 0 Å². The molecular formula is C18H27NO5. The zero-order valence-electron chi connectivity index (χ0n) is 14.2. The van der Waals surface area contributed by atoms with E-state index in [4.69, 9.17) is 14.2 Å². The fraction of sp³-hybridized carbons (Fsp3) is 0.778.